The molecule has 0 N–H and O–H groups in total. The number of fused-ring (bicyclic) bond motifs is 3. The highest BCUT2D eigenvalue weighted by Gasteiger charge is 2.20. The Bertz CT molecular complexity index is 1410. The van der Waals surface area contributed by atoms with Crippen LogP contribution >= 0.6 is 0 Å². The Morgan fingerprint density at radius 1 is 1.00 bits per heavy atom. The van der Waals surface area contributed by atoms with Crippen LogP contribution in [0.4, 0.5) is 4.39 Å². The van der Waals surface area contributed by atoms with Gasteiger partial charge in [0.15, 0.2) is 0 Å². The summed E-state index contributed by atoms with van der Waals surface area (Å²) in [5.74, 6) is -0.324. The third-order valence-corrected chi connectivity index (χ3v) is 4.93. The molecule has 144 valence electrons. The van der Waals surface area contributed by atoms with Gasteiger partial charge in [-0.3, -0.25) is 9.20 Å². The zero-order chi connectivity index (χ0) is 20.1. The summed E-state index contributed by atoms with van der Waals surface area (Å²) in [4.78, 5) is 17.8. The van der Waals surface area contributed by atoms with Gasteiger partial charge in [-0.25, -0.2) is 14.1 Å². The van der Waals surface area contributed by atoms with Gasteiger partial charge in [0, 0.05) is 6.04 Å². The van der Waals surface area contributed by atoms with Gasteiger partial charge in [-0.05, 0) is 50.2 Å². The summed E-state index contributed by atoms with van der Waals surface area (Å²) in [6.07, 6.45) is 3.32. The zero-order valence-electron chi connectivity index (χ0n) is 15.8. The molecule has 0 radical (unpaired) electrons. The molecule has 5 rings (SSSR count). The Morgan fingerprint density at radius 2 is 1.72 bits per heavy atom. The quantitative estimate of drug-likeness (QED) is 0.473. The average Bonchev–Trinajstić information content (AvgIpc) is 3.36. The molecular weight excluding hydrogens is 371 g/mol. The largest absolute Gasteiger partial charge is 0.302 e. The van der Waals surface area contributed by atoms with Gasteiger partial charge in [-0.15, -0.1) is 5.10 Å². The summed E-state index contributed by atoms with van der Waals surface area (Å²) in [5, 5.41) is 8.31. The van der Waals surface area contributed by atoms with Crippen LogP contribution in [-0.2, 0) is 0 Å². The van der Waals surface area contributed by atoms with Crippen molar-refractivity contribution < 1.29 is 4.39 Å². The van der Waals surface area contributed by atoms with Crippen LogP contribution in [0.1, 0.15) is 19.9 Å². The zero-order valence-corrected chi connectivity index (χ0v) is 15.8. The van der Waals surface area contributed by atoms with Crippen molar-refractivity contribution >= 4 is 16.6 Å². The topological polar surface area (TPSA) is 70.0 Å². The smallest absolute Gasteiger partial charge is 0.277 e. The molecule has 3 aromatic heterocycles. The second kappa shape index (κ2) is 6.37. The van der Waals surface area contributed by atoms with E-state index in [1.807, 2.05) is 38.1 Å². The van der Waals surface area contributed by atoms with E-state index in [2.05, 4.69) is 15.3 Å². The number of para-hydroxylation sites is 2. The first-order chi connectivity index (χ1) is 14.0. The van der Waals surface area contributed by atoms with Crippen molar-refractivity contribution in [3.05, 3.63) is 77.2 Å². The normalized spacial score (nSPS) is 11.7. The van der Waals surface area contributed by atoms with E-state index in [1.54, 1.807) is 33.6 Å². The molecule has 0 aliphatic rings. The van der Waals surface area contributed by atoms with Crippen molar-refractivity contribution in [3.63, 3.8) is 0 Å². The molecule has 0 saturated heterocycles. The monoisotopic (exact) mass is 388 g/mol. The van der Waals surface area contributed by atoms with E-state index >= 15 is 0 Å². The second-order valence-electron chi connectivity index (χ2n) is 7.09. The number of imidazole rings is 1. The number of aromatic nitrogens is 6. The number of hydrogen-bond acceptors (Lipinski definition) is 4. The second-order valence-corrected chi connectivity index (χ2v) is 7.09. The number of nitrogens with zero attached hydrogens (tertiary/aromatic N) is 6. The van der Waals surface area contributed by atoms with Crippen LogP contribution in [0.5, 0.6) is 0 Å². The minimum absolute atomic E-state index is 0.0185. The molecule has 0 atom stereocenters. The standard InChI is InChI=1S/C21H17FN6O/c1-13(2)28-18-6-4-3-5-17(18)26-12-23-19(20(26)21(28)29)16-11-27(25-24-16)15-9-7-14(22)8-10-15/h3-13H,1-2H3. The summed E-state index contributed by atoms with van der Waals surface area (Å²) in [7, 11) is 0. The van der Waals surface area contributed by atoms with E-state index in [1.165, 1.54) is 16.8 Å². The van der Waals surface area contributed by atoms with Gasteiger partial charge in [0.05, 0.1) is 22.9 Å². The Hall–Kier alpha value is -3.81. The van der Waals surface area contributed by atoms with E-state index in [-0.39, 0.29) is 17.4 Å². The number of rotatable bonds is 3. The third kappa shape index (κ3) is 2.64. The van der Waals surface area contributed by atoms with Gasteiger partial charge in [0.2, 0.25) is 0 Å². The molecule has 0 aliphatic heterocycles. The van der Waals surface area contributed by atoms with Gasteiger partial charge in [0.1, 0.15) is 29.0 Å². The highest BCUT2D eigenvalue weighted by Crippen LogP contribution is 2.24. The fourth-order valence-corrected chi connectivity index (χ4v) is 3.62. The number of benzene rings is 2. The van der Waals surface area contributed by atoms with Crippen LogP contribution in [0, 0.1) is 5.82 Å². The van der Waals surface area contributed by atoms with Crippen molar-refractivity contribution in [2.45, 2.75) is 19.9 Å². The van der Waals surface area contributed by atoms with E-state index < -0.39 is 0 Å². The van der Waals surface area contributed by atoms with Gasteiger partial charge in [0.25, 0.3) is 5.56 Å². The molecule has 0 amide bonds. The molecule has 2 aromatic carbocycles. The molecular formula is C21H17FN6O. The van der Waals surface area contributed by atoms with Gasteiger partial charge < -0.3 is 4.57 Å². The van der Waals surface area contributed by atoms with Crippen LogP contribution in [-0.4, -0.2) is 28.9 Å². The lowest BCUT2D eigenvalue weighted by Crippen LogP contribution is -2.24. The van der Waals surface area contributed by atoms with Gasteiger partial charge >= 0.3 is 0 Å². The molecule has 0 saturated carbocycles. The molecule has 0 aliphatic carbocycles. The summed E-state index contributed by atoms with van der Waals surface area (Å²) in [6.45, 7) is 3.95. The maximum absolute atomic E-state index is 13.4. The van der Waals surface area contributed by atoms with Crippen LogP contribution < -0.4 is 5.56 Å². The predicted molar refractivity (Wildman–Crippen MR) is 108 cm³/mol. The first-order valence-corrected chi connectivity index (χ1v) is 9.23. The number of halogens is 1. The number of hydrogen-bond donors (Lipinski definition) is 0. The highest BCUT2D eigenvalue weighted by molar-refractivity contribution is 5.84. The van der Waals surface area contributed by atoms with Crippen molar-refractivity contribution in [2.24, 2.45) is 0 Å². The van der Waals surface area contributed by atoms with Crippen LogP contribution in [0.15, 0.2) is 65.8 Å². The summed E-state index contributed by atoms with van der Waals surface area (Å²) in [6, 6.07) is 13.7. The highest BCUT2D eigenvalue weighted by atomic mass is 19.1. The molecule has 5 aromatic rings. The van der Waals surface area contributed by atoms with Crippen LogP contribution in [0.2, 0.25) is 0 Å². The SMILES string of the molecule is CC(C)n1c(=O)c2c(-c3cn(-c4ccc(F)cc4)nn3)ncn2c2ccccc21. The predicted octanol–water partition coefficient (Wildman–Crippen LogP) is 3.62. The summed E-state index contributed by atoms with van der Waals surface area (Å²) >= 11 is 0. The molecule has 29 heavy (non-hydrogen) atoms. The lowest BCUT2D eigenvalue weighted by Gasteiger charge is -2.15. The van der Waals surface area contributed by atoms with E-state index in [9.17, 15) is 9.18 Å². The Kier molecular flexibility index (Phi) is 3.80. The fraction of sp³-hybridized carbons (Fsp3) is 0.143. The molecule has 3 heterocycles. The minimum Gasteiger partial charge on any atom is -0.302 e. The first kappa shape index (κ1) is 17.3. The Balaban J connectivity index is 1.75. The molecule has 0 fully saturated rings. The van der Waals surface area contributed by atoms with E-state index in [0.717, 1.165) is 11.0 Å². The van der Waals surface area contributed by atoms with Crippen molar-refractivity contribution in [3.8, 4) is 17.1 Å². The van der Waals surface area contributed by atoms with Crippen molar-refractivity contribution in [1.29, 1.82) is 0 Å². The maximum Gasteiger partial charge on any atom is 0.277 e. The average molecular weight is 388 g/mol. The molecule has 0 bridgehead atoms. The van der Waals surface area contributed by atoms with Gasteiger partial charge in [-0.2, -0.15) is 0 Å². The molecule has 7 nitrogen and oxygen atoms in total. The minimum atomic E-state index is -0.324. The summed E-state index contributed by atoms with van der Waals surface area (Å²) < 4.78 is 18.3. The summed E-state index contributed by atoms with van der Waals surface area (Å²) in [5.41, 5.74) is 3.65. The third-order valence-electron chi connectivity index (χ3n) is 4.93. The Morgan fingerprint density at radius 3 is 2.45 bits per heavy atom. The lowest BCUT2D eigenvalue weighted by molar-refractivity contribution is 0.601. The maximum atomic E-state index is 13.4. The lowest BCUT2D eigenvalue weighted by atomic mass is 10.2. The van der Waals surface area contributed by atoms with Gasteiger partial charge in [-0.1, -0.05) is 17.3 Å². The molecule has 8 heteroatoms. The van der Waals surface area contributed by atoms with E-state index in [4.69, 9.17) is 0 Å². The van der Waals surface area contributed by atoms with Crippen molar-refractivity contribution in [2.75, 3.05) is 0 Å². The first-order valence-electron chi connectivity index (χ1n) is 9.23. The van der Waals surface area contributed by atoms with Crippen LogP contribution in [0.25, 0.3) is 33.6 Å². The fourth-order valence-electron chi connectivity index (χ4n) is 3.62. The molecule has 0 unspecified atom stereocenters. The van der Waals surface area contributed by atoms with E-state index in [0.29, 0.717) is 22.6 Å². The van der Waals surface area contributed by atoms with Crippen molar-refractivity contribution in [1.82, 2.24) is 28.9 Å². The van der Waals surface area contributed by atoms with Crippen LogP contribution in [0.3, 0.4) is 0 Å². The molecule has 0 spiro atoms. The Labute approximate surface area is 164 Å².